The largest absolute Gasteiger partial charge is 0.489 e. The van der Waals surface area contributed by atoms with Crippen molar-refractivity contribution in [1.82, 2.24) is 5.32 Å². The van der Waals surface area contributed by atoms with Crippen LogP contribution in [0.5, 0.6) is 5.75 Å². The van der Waals surface area contributed by atoms with Gasteiger partial charge in [0.1, 0.15) is 12.4 Å². The summed E-state index contributed by atoms with van der Waals surface area (Å²) < 4.78 is 7.24. The molecule has 0 aliphatic carbocycles. The van der Waals surface area contributed by atoms with Gasteiger partial charge in [0.05, 0.1) is 0 Å². The van der Waals surface area contributed by atoms with E-state index in [0.29, 0.717) is 6.61 Å². The molecule has 1 heterocycles. The van der Waals surface area contributed by atoms with Crippen molar-refractivity contribution in [3.05, 3.63) is 65.0 Å². The van der Waals surface area contributed by atoms with E-state index in [1.165, 1.54) is 21.2 Å². The average molecular weight is 283 g/mol. The van der Waals surface area contributed by atoms with E-state index in [0.717, 1.165) is 12.3 Å². The van der Waals surface area contributed by atoms with E-state index < -0.39 is 0 Å². The van der Waals surface area contributed by atoms with E-state index in [-0.39, 0.29) is 0 Å². The summed E-state index contributed by atoms with van der Waals surface area (Å²) >= 11 is 1.77. The number of hydrogen-bond donors (Lipinski definition) is 1. The number of ether oxygens (including phenoxy) is 1. The molecule has 1 N–H and O–H groups in total. The Balaban J connectivity index is 1.74. The lowest BCUT2D eigenvalue weighted by atomic mass is 10.2. The maximum Gasteiger partial charge on any atom is 0.120 e. The lowest BCUT2D eigenvalue weighted by Crippen LogP contribution is -2.05. The number of benzene rings is 2. The van der Waals surface area contributed by atoms with Gasteiger partial charge in [0.25, 0.3) is 0 Å². The van der Waals surface area contributed by atoms with Crippen molar-refractivity contribution < 1.29 is 4.74 Å². The van der Waals surface area contributed by atoms with E-state index in [1.807, 2.05) is 19.2 Å². The molecular weight excluding hydrogens is 266 g/mol. The van der Waals surface area contributed by atoms with Gasteiger partial charge < -0.3 is 10.1 Å². The molecule has 0 amide bonds. The standard InChI is InChI=1S/C17H17NOS/c1-18-10-13-5-4-6-15(9-13)19-11-14-12-20-17-8-3-2-7-16(14)17/h2-9,12,18H,10-11H2,1H3. The van der Waals surface area contributed by atoms with Gasteiger partial charge in [-0.1, -0.05) is 30.3 Å². The molecule has 20 heavy (non-hydrogen) atoms. The summed E-state index contributed by atoms with van der Waals surface area (Å²) in [5.41, 5.74) is 2.49. The summed E-state index contributed by atoms with van der Waals surface area (Å²) in [6, 6.07) is 16.7. The quantitative estimate of drug-likeness (QED) is 0.757. The SMILES string of the molecule is CNCc1cccc(OCc2csc3ccccc23)c1. The van der Waals surface area contributed by atoms with Crippen LogP contribution in [0.1, 0.15) is 11.1 Å². The van der Waals surface area contributed by atoms with Crippen LogP contribution in [0.2, 0.25) is 0 Å². The smallest absolute Gasteiger partial charge is 0.120 e. The second kappa shape index (κ2) is 6.07. The van der Waals surface area contributed by atoms with E-state index >= 15 is 0 Å². The van der Waals surface area contributed by atoms with Crippen molar-refractivity contribution in [1.29, 1.82) is 0 Å². The first-order valence-corrected chi connectivity index (χ1v) is 7.56. The maximum absolute atomic E-state index is 5.92. The van der Waals surface area contributed by atoms with Crippen LogP contribution in [-0.4, -0.2) is 7.05 Å². The third-order valence-electron chi connectivity index (χ3n) is 3.23. The molecule has 0 aliphatic rings. The lowest BCUT2D eigenvalue weighted by molar-refractivity contribution is 0.308. The number of hydrogen-bond acceptors (Lipinski definition) is 3. The molecule has 0 atom stereocenters. The average Bonchev–Trinajstić information content (AvgIpc) is 2.89. The molecule has 2 nitrogen and oxygen atoms in total. The molecule has 0 saturated heterocycles. The minimum atomic E-state index is 0.618. The second-order valence-corrected chi connectivity index (χ2v) is 5.63. The Kier molecular flexibility index (Phi) is 4.00. The third kappa shape index (κ3) is 2.84. The molecular formula is C17H17NOS. The molecule has 0 spiro atoms. The van der Waals surface area contributed by atoms with Crippen molar-refractivity contribution in [2.75, 3.05) is 7.05 Å². The highest BCUT2D eigenvalue weighted by Gasteiger charge is 2.04. The summed E-state index contributed by atoms with van der Waals surface area (Å²) in [5, 5.41) is 6.63. The molecule has 0 unspecified atom stereocenters. The first kappa shape index (κ1) is 13.2. The molecule has 102 valence electrons. The second-order valence-electron chi connectivity index (χ2n) is 4.72. The topological polar surface area (TPSA) is 21.3 Å². The van der Waals surface area contributed by atoms with Gasteiger partial charge in [-0.15, -0.1) is 11.3 Å². The fraction of sp³-hybridized carbons (Fsp3) is 0.176. The predicted molar refractivity (Wildman–Crippen MR) is 85.4 cm³/mol. The van der Waals surface area contributed by atoms with Crippen molar-refractivity contribution in [2.45, 2.75) is 13.2 Å². The van der Waals surface area contributed by atoms with E-state index in [2.05, 4.69) is 47.1 Å². The number of fused-ring (bicyclic) bond motifs is 1. The summed E-state index contributed by atoms with van der Waals surface area (Å²) in [4.78, 5) is 0. The molecule has 0 radical (unpaired) electrons. The van der Waals surface area contributed by atoms with E-state index in [9.17, 15) is 0 Å². The number of rotatable bonds is 5. The van der Waals surface area contributed by atoms with Crippen LogP contribution in [-0.2, 0) is 13.2 Å². The predicted octanol–water partition coefficient (Wildman–Crippen LogP) is 4.20. The first-order chi connectivity index (χ1) is 9.86. The summed E-state index contributed by atoms with van der Waals surface area (Å²) in [7, 11) is 1.95. The van der Waals surface area contributed by atoms with Gasteiger partial charge in [0.15, 0.2) is 0 Å². The van der Waals surface area contributed by atoms with E-state index in [1.54, 1.807) is 11.3 Å². The molecule has 0 fully saturated rings. The number of nitrogens with one attached hydrogen (secondary N) is 1. The third-order valence-corrected chi connectivity index (χ3v) is 4.25. The summed E-state index contributed by atoms with van der Waals surface area (Å²) in [6.07, 6.45) is 0. The van der Waals surface area contributed by atoms with Crippen LogP contribution >= 0.6 is 11.3 Å². The fourth-order valence-electron chi connectivity index (χ4n) is 2.26. The molecule has 3 heteroatoms. The molecule has 1 aromatic heterocycles. The van der Waals surface area contributed by atoms with Gasteiger partial charge in [-0.05, 0) is 41.6 Å². The zero-order valence-electron chi connectivity index (χ0n) is 11.4. The van der Waals surface area contributed by atoms with Crippen molar-refractivity contribution in [2.24, 2.45) is 0 Å². The normalized spacial score (nSPS) is 10.8. The lowest BCUT2D eigenvalue weighted by Gasteiger charge is -2.07. The molecule has 0 saturated carbocycles. The minimum absolute atomic E-state index is 0.618. The van der Waals surface area contributed by atoms with E-state index in [4.69, 9.17) is 4.74 Å². The molecule has 0 aliphatic heterocycles. The van der Waals surface area contributed by atoms with Crippen LogP contribution in [0.15, 0.2) is 53.9 Å². The fourth-order valence-corrected chi connectivity index (χ4v) is 3.20. The van der Waals surface area contributed by atoms with Crippen LogP contribution < -0.4 is 10.1 Å². The molecule has 0 bridgehead atoms. The van der Waals surface area contributed by atoms with Crippen LogP contribution in [0.3, 0.4) is 0 Å². The molecule has 2 aromatic carbocycles. The Labute approximate surface area is 123 Å². The van der Waals surface area contributed by atoms with Gasteiger partial charge in [0, 0.05) is 16.8 Å². The number of thiophene rings is 1. The van der Waals surface area contributed by atoms with Gasteiger partial charge in [-0.25, -0.2) is 0 Å². The van der Waals surface area contributed by atoms with Gasteiger partial charge >= 0.3 is 0 Å². The van der Waals surface area contributed by atoms with Gasteiger partial charge in [-0.3, -0.25) is 0 Å². The Bertz CT molecular complexity index is 705. The minimum Gasteiger partial charge on any atom is -0.489 e. The molecule has 3 rings (SSSR count). The first-order valence-electron chi connectivity index (χ1n) is 6.68. The monoisotopic (exact) mass is 283 g/mol. The summed E-state index contributed by atoms with van der Waals surface area (Å²) in [5.74, 6) is 0.924. The maximum atomic E-state index is 5.92. The zero-order valence-corrected chi connectivity index (χ0v) is 12.2. The Hall–Kier alpha value is -1.84. The van der Waals surface area contributed by atoms with Crippen LogP contribution in [0.4, 0.5) is 0 Å². The zero-order chi connectivity index (χ0) is 13.8. The highest BCUT2D eigenvalue weighted by molar-refractivity contribution is 7.17. The Morgan fingerprint density at radius 2 is 2.00 bits per heavy atom. The highest BCUT2D eigenvalue weighted by Crippen LogP contribution is 2.26. The van der Waals surface area contributed by atoms with Crippen LogP contribution in [0.25, 0.3) is 10.1 Å². The van der Waals surface area contributed by atoms with Crippen molar-refractivity contribution in [3.8, 4) is 5.75 Å². The van der Waals surface area contributed by atoms with Crippen LogP contribution in [0, 0.1) is 0 Å². The van der Waals surface area contributed by atoms with Crippen molar-refractivity contribution >= 4 is 21.4 Å². The Morgan fingerprint density at radius 1 is 1.10 bits per heavy atom. The van der Waals surface area contributed by atoms with Crippen molar-refractivity contribution in [3.63, 3.8) is 0 Å². The highest BCUT2D eigenvalue weighted by atomic mass is 32.1. The Morgan fingerprint density at radius 3 is 2.90 bits per heavy atom. The van der Waals surface area contributed by atoms with Gasteiger partial charge in [-0.2, -0.15) is 0 Å². The molecule has 3 aromatic rings. The summed E-state index contributed by atoms with van der Waals surface area (Å²) in [6.45, 7) is 1.48. The van der Waals surface area contributed by atoms with Gasteiger partial charge in [0.2, 0.25) is 0 Å².